The number of nitrogens with zero attached hydrogens (tertiary/aromatic N) is 1. The maximum Gasteiger partial charge on any atom is -0.00183 e. The third-order valence-corrected chi connectivity index (χ3v) is 10.5. The molecule has 284 valence electrons. The van der Waals surface area contributed by atoms with Crippen LogP contribution >= 0.6 is 0 Å². The summed E-state index contributed by atoms with van der Waals surface area (Å²) in [5.41, 5.74) is 5.63. The van der Waals surface area contributed by atoms with E-state index in [1.54, 1.807) is 0 Å². The quantitative estimate of drug-likeness (QED) is 0.0638. The van der Waals surface area contributed by atoms with Crippen LogP contribution in [0.15, 0.2) is 0 Å². The van der Waals surface area contributed by atoms with Gasteiger partial charge in [0.15, 0.2) is 0 Å². The van der Waals surface area contributed by atoms with Crippen molar-refractivity contribution in [3.05, 3.63) is 0 Å². The monoisotopic (exact) mass is 664 g/mol. The van der Waals surface area contributed by atoms with Gasteiger partial charge in [0.05, 0.1) is 0 Å². The van der Waals surface area contributed by atoms with Gasteiger partial charge in [-0.25, -0.2) is 0 Å². The maximum atomic E-state index is 5.63. The van der Waals surface area contributed by atoms with Gasteiger partial charge in [-0.3, -0.25) is 0 Å². The van der Waals surface area contributed by atoms with Gasteiger partial charge in [-0.05, 0) is 77.8 Å². The second-order valence-electron chi connectivity index (χ2n) is 15.4. The summed E-state index contributed by atoms with van der Waals surface area (Å²) in [4.78, 5) is 2.82. The number of hydrogen-bond acceptors (Lipinski definition) is 3. The van der Waals surface area contributed by atoms with Crippen molar-refractivity contribution in [2.45, 2.75) is 245 Å². The Labute approximate surface area is 299 Å². The number of hydrogen-bond donors (Lipinski definition) is 2. The van der Waals surface area contributed by atoms with Gasteiger partial charge in [0.25, 0.3) is 0 Å². The van der Waals surface area contributed by atoms with Gasteiger partial charge in [0, 0.05) is 0 Å². The minimum Gasteiger partial charge on any atom is -0.330 e. The lowest BCUT2D eigenvalue weighted by Crippen LogP contribution is -2.28. The normalized spacial score (nSPS) is 11.7. The number of nitrogens with two attached hydrogens (primary N) is 1. The highest BCUT2D eigenvalue weighted by Gasteiger charge is 2.05. The van der Waals surface area contributed by atoms with Gasteiger partial charge in [-0.1, -0.05) is 206 Å². The van der Waals surface area contributed by atoms with Gasteiger partial charge in [0.2, 0.25) is 0 Å². The van der Waals surface area contributed by atoms with Crippen molar-refractivity contribution in [3.63, 3.8) is 0 Å². The van der Waals surface area contributed by atoms with Crippen LogP contribution in [0.25, 0.3) is 0 Å². The Bertz CT molecular complexity index is 488. The fraction of sp³-hybridized carbons (Fsp3) is 1.00. The average molecular weight is 664 g/mol. The van der Waals surface area contributed by atoms with E-state index >= 15 is 0 Å². The van der Waals surface area contributed by atoms with Crippen molar-refractivity contribution >= 4 is 0 Å². The van der Waals surface area contributed by atoms with Crippen LogP contribution in [0.4, 0.5) is 0 Å². The van der Waals surface area contributed by atoms with Crippen molar-refractivity contribution in [1.82, 2.24) is 10.2 Å². The smallest absolute Gasteiger partial charge is 0.00183 e. The van der Waals surface area contributed by atoms with E-state index in [9.17, 15) is 0 Å². The molecule has 47 heavy (non-hydrogen) atoms. The third kappa shape index (κ3) is 42.0. The molecule has 0 aromatic rings. The van der Waals surface area contributed by atoms with Crippen molar-refractivity contribution in [3.8, 4) is 0 Å². The zero-order valence-electron chi connectivity index (χ0n) is 33.2. The molecule has 0 aliphatic carbocycles. The predicted molar refractivity (Wildman–Crippen MR) is 216 cm³/mol. The van der Waals surface area contributed by atoms with Gasteiger partial charge in [0.1, 0.15) is 0 Å². The van der Waals surface area contributed by atoms with E-state index in [-0.39, 0.29) is 0 Å². The molecule has 3 heteroatoms. The summed E-state index contributed by atoms with van der Waals surface area (Å²) in [6.45, 7) is 11.7. The Morgan fingerprint density at radius 3 is 0.809 bits per heavy atom. The third-order valence-electron chi connectivity index (χ3n) is 10.5. The molecule has 0 saturated carbocycles. The maximum absolute atomic E-state index is 5.63. The van der Waals surface area contributed by atoms with Gasteiger partial charge in [-0.15, -0.1) is 0 Å². The molecule has 0 fully saturated rings. The van der Waals surface area contributed by atoms with Crippen molar-refractivity contribution < 1.29 is 0 Å². The second-order valence-corrected chi connectivity index (χ2v) is 15.4. The number of rotatable bonds is 43. The summed E-state index contributed by atoms with van der Waals surface area (Å²) in [5, 5.41) is 3.62. The first kappa shape index (κ1) is 46.9. The Kier molecular flexibility index (Phi) is 43.8. The van der Waals surface area contributed by atoms with E-state index in [0.29, 0.717) is 0 Å². The minimum absolute atomic E-state index is 0.829. The summed E-state index contributed by atoms with van der Waals surface area (Å²) in [7, 11) is 0. The first-order valence-electron chi connectivity index (χ1n) is 22.5. The second kappa shape index (κ2) is 43.9. The molecule has 0 spiro atoms. The highest BCUT2D eigenvalue weighted by atomic mass is 15.1. The van der Waals surface area contributed by atoms with E-state index < -0.39 is 0 Å². The fourth-order valence-corrected chi connectivity index (χ4v) is 7.21. The van der Waals surface area contributed by atoms with Crippen LogP contribution in [0, 0.1) is 0 Å². The number of unbranched alkanes of at least 4 members (excludes halogenated alkanes) is 32. The Balaban J connectivity index is 3.80. The Morgan fingerprint density at radius 2 is 0.532 bits per heavy atom. The van der Waals surface area contributed by atoms with Crippen LogP contribution in [0.3, 0.4) is 0 Å². The average Bonchev–Trinajstić information content (AvgIpc) is 3.08. The molecular weight excluding hydrogens is 571 g/mol. The molecule has 0 bridgehead atoms. The molecule has 0 aromatic carbocycles. The lowest BCUT2D eigenvalue weighted by molar-refractivity contribution is 0.254. The Hall–Kier alpha value is -0.120. The largest absolute Gasteiger partial charge is 0.330 e. The molecule has 0 amide bonds. The van der Waals surface area contributed by atoms with E-state index in [2.05, 4.69) is 24.1 Å². The molecule has 0 aliphatic heterocycles. The highest BCUT2D eigenvalue weighted by molar-refractivity contribution is 4.61. The van der Waals surface area contributed by atoms with E-state index in [0.717, 1.165) is 19.5 Å². The molecule has 3 nitrogen and oxygen atoms in total. The summed E-state index contributed by atoms with van der Waals surface area (Å²) < 4.78 is 0. The van der Waals surface area contributed by atoms with Crippen LogP contribution in [-0.2, 0) is 0 Å². The van der Waals surface area contributed by atoms with Crippen molar-refractivity contribution in [2.75, 3.05) is 39.3 Å². The summed E-state index contributed by atoms with van der Waals surface area (Å²) >= 11 is 0. The predicted octanol–water partition coefficient (Wildman–Crippen LogP) is 13.9. The molecule has 0 rings (SSSR count). The van der Waals surface area contributed by atoms with Gasteiger partial charge >= 0.3 is 0 Å². The summed E-state index contributed by atoms with van der Waals surface area (Å²) in [6, 6.07) is 0. The molecule has 0 heterocycles. The van der Waals surface area contributed by atoms with Crippen LogP contribution in [-0.4, -0.2) is 44.2 Å². The van der Waals surface area contributed by atoms with E-state index in [1.165, 1.54) is 251 Å². The van der Waals surface area contributed by atoms with Crippen LogP contribution in [0.5, 0.6) is 0 Å². The highest BCUT2D eigenvalue weighted by Crippen LogP contribution is 2.16. The van der Waals surface area contributed by atoms with Crippen molar-refractivity contribution in [2.24, 2.45) is 5.73 Å². The molecule has 3 N–H and O–H groups in total. The number of nitrogens with one attached hydrogen (secondary N) is 1. The molecule has 0 radical (unpaired) electrons. The zero-order valence-corrected chi connectivity index (χ0v) is 33.2. The lowest BCUT2D eigenvalue weighted by atomic mass is 10.0. The van der Waals surface area contributed by atoms with Crippen LogP contribution < -0.4 is 11.1 Å². The first-order chi connectivity index (χ1) is 23.3. The molecule has 0 aromatic heterocycles. The molecule has 0 unspecified atom stereocenters. The van der Waals surface area contributed by atoms with Crippen LogP contribution in [0.2, 0.25) is 0 Å². The summed E-state index contributed by atoms with van der Waals surface area (Å²) in [5.74, 6) is 0. The minimum atomic E-state index is 0.829. The van der Waals surface area contributed by atoms with E-state index in [4.69, 9.17) is 5.73 Å². The van der Waals surface area contributed by atoms with Gasteiger partial charge in [-0.2, -0.15) is 0 Å². The van der Waals surface area contributed by atoms with Crippen molar-refractivity contribution in [1.29, 1.82) is 0 Å². The fourth-order valence-electron chi connectivity index (χ4n) is 7.21. The van der Waals surface area contributed by atoms with E-state index in [1.807, 2.05) is 0 Å². The topological polar surface area (TPSA) is 41.3 Å². The lowest BCUT2D eigenvalue weighted by Gasteiger charge is -2.22. The zero-order chi connectivity index (χ0) is 34.0. The standard InChI is InChI=1S/C44H93N3/c1-3-5-7-9-11-13-15-17-19-21-23-25-27-29-31-36-42-47(44-38-35-41-46-40-34-33-39-45)43-37-32-30-28-26-24-22-20-18-16-14-12-10-8-6-4-2/h46H,3-45H2,1-2H3. The van der Waals surface area contributed by atoms with Gasteiger partial charge < -0.3 is 16.0 Å². The molecule has 0 aliphatic rings. The summed E-state index contributed by atoms with van der Waals surface area (Å²) in [6.07, 6.45) is 51.7. The molecular formula is C44H93N3. The molecule has 0 atom stereocenters. The molecule has 0 saturated heterocycles. The van der Waals surface area contributed by atoms with Crippen LogP contribution in [0.1, 0.15) is 245 Å². The first-order valence-corrected chi connectivity index (χ1v) is 22.5. The SMILES string of the molecule is CCCCCCCCCCCCCCCCCCN(CCCCCCCCCCCCCCCCCC)CCCCNCCCCN. The Morgan fingerprint density at radius 1 is 0.298 bits per heavy atom.